The van der Waals surface area contributed by atoms with Crippen LogP contribution in [0.4, 0.5) is 0 Å². The number of aliphatic hydroxyl groups is 2. The van der Waals surface area contributed by atoms with E-state index < -0.39 is 24.4 Å². The summed E-state index contributed by atoms with van der Waals surface area (Å²) in [4.78, 5) is 14.1. The van der Waals surface area contributed by atoms with Crippen molar-refractivity contribution in [2.24, 2.45) is 0 Å². The summed E-state index contributed by atoms with van der Waals surface area (Å²) in [5.41, 5.74) is 2.02. The van der Waals surface area contributed by atoms with Gasteiger partial charge in [0.25, 0.3) is 0 Å². The molecule has 0 radical (unpaired) electrons. The van der Waals surface area contributed by atoms with E-state index in [2.05, 4.69) is 32.7 Å². The first-order valence-corrected chi connectivity index (χ1v) is 10.2. The maximum absolute atomic E-state index is 11.9. The highest BCUT2D eigenvalue weighted by molar-refractivity contribution is 5.76. The van der Waals surface area contributed by atoms with E-state index in [-0.39, 0.29) is 24.9 Å². The van der Waals surface area contributed by atoms with Crippen LogP contribution in [0, 0.1) is 0 Å². The monoisotopic (exact) mass is 417 g/mol. The van der Waals surface area contributed by atoms with Gasteiger partial charge in [-0.25, -0.2) is 4.68 Å². The highest BCUT2D eigenvalue weighted by atomic mass is 16.5. The van der Waals surface area contributed by atoms with Crippen LogP contribution in [0.5, 0.6) is 0 Å². The number of benzene rings is 1. The molecule has 164 valence electrons. The van der Waals surface area contributed by atoms with Crippen LogP contribution in [0.2, 0.25) is 0 Å². The smallest absolute Gasteiger partial charge is 0.222 e. The first kappa shape index (κ1) is 22.4. The molecular weight excluding hydrogens is 386 g/mol. The summed E-state index contributed by atoms with van der Waals surface area (Å²) in [6.45, 7) is 5.39. The van der Waals surface area contributed by atoms with Gasteiger partial charge in [-0.05, 0) is 26.5 Å². The quantitative estimate of drug-likeness (QED) is 0.538. The third kappa shape index (κ3) is 6.09. The Bertz CT molecular complexity index is 813. The molecule has 0 saturated carbocycles. The van der Waals surface area contributed by atoms with Gasteiger partial charge in [-0.3, -0.25) is 9.69 Å². The third-order valence-corrected chi connectivity index (χ3v) is 4.98. The molecule has 3 N–H and O–H groups in total. The van der Waals surface area contributed by atoms with Crippen molar-refractivity contribution in [2.75, 3.05) is 7.05 Å². The van der Waals surface area contributed by atoms with Crippen molar-refractivity contribution in [1.29, 1.82) is 0 Å². The first-order chi connectivity index (χ1) is 14.3. The second kappa shape index (κ2) is 10.1. The highest BCUT2D eigenvalue weighted by Gasteiger charge is 2.43. The molecule has 0 bridgehead atoms. The number of ether oxygens (including phenoxy) is 1. The van der Waals surface area contributed by atoms with Gasteiger partial charge in [0.1, 0.15) is 18.3 Å². The van der Waals surface area contributed by atoms with Gasteiger partial charge in [0.05, 0.1) is 24.8 Å². The second-order valence-electron chi connectivity index (χ2n) is 8.21. The van der Waals surface area contributed by atoms with E-state index in [0.29, 0.717) is 6.54 Å². The van der Waals surface area contributed by atoms with Crippen LogP contribution in [0.3, 0.4) is 0 Å². The minimum atomic E-state index is -1.12. The van der Waals surface area contributed by atoms with Gasteiger partial charge < -0.3 is 20.3 Å². The van der Waals surface area contributed by atoms with E-state index in [4.69, 9.17) is 4.74 Å². The third-order valence-electron chi connectivity index (χ3n) is 4.98. The SMILES string of the molecule is CC(C)NC(=O)CC1OC(Cn2cc(CN(C)Cc3ccccc3)nn2)C(O)C1O. The van der Waals surface area contributed by atoms with Gasteiger partial charge >= 0.3 is 0 Å². The maximum atomic E-state index is 11.9. The van der Waals surface area contributed by atoms with Crippen LogP contribution >= 0.6 is 0 Å². The van der Waals surface area contributed by atoms with Crippen LogP contribution in [0.1, 0.15) is 31.5 Å². The van der Waals surface area contributed by atoms with Gasteiger partial charge in [0.2, 0.25) is 5.91 Å². The number of carbonyl (C=O) groups is 1. The summed E-state index contributed by atoms with van der Waals surface area (Å²) in [6.07, 6.45) is -1.80. The van der Waals surface area contributed by atoms with Crippen molar-refractivity contribution >= 4 is 5.91 Å². The fraction of sp³-hybridized carbons (Fsp3) is 0.571. The molecule has 1 amide bonds. The minimum Gasteiger partial charge on any atom is -0.388 e. The fourth-order valence-corrected chi connectivity index (χ4v) is 3.62. The molecule has 4 unspecified atom stereocenters. The lowest BCUT2D eigenvalue weighted by atomic mass is 10.1. The number of rotatable bonds is 9. The van der Waals surface area contributed by atoms with Crippen molar-refractivity contribution in [2.45, 2.75) is 70.4 Å². The van der Waals surface area contributed by atoms with Gasteiger partial charge in [0, 0.05) is 25.3 Å². The number of amides is 1. The molecule has 1 aromatic heterocycles. The van der Waals surface area contributed by atoms with E-state index in [0.717, 1.165) is 12.2 Å². The number of nitrogens with zero attached hydrogens (tertiary/aromatic N) is 4. The lowest BCUT2D eigenvalue weighted by Gasteiger charge is -2.15. The van der Waals surface area contributed by atoms with Crippen LogP contribution in [-0.4, -0.2) is 73.5 Å². The molecule has 2 aromatic rings. The van der Waals surface area contributed by atoms with E-state index in [9.17, 15) is 15.0 Å². The summed E-state index contributed by atoms with van der Waals surface area (Å²) < 4.78 is 7.35. The van der Waals surface area contributed by atoms with Crippen molar-refractivity contribution in [3.8, 4) is 0 Å². The Hall–Kier alpha value is -2.33. The second-order valence-corrected chi connectivity index (χ2v) is 8.21. The van der Waals surface area contributed by atoms with Crippen molar-refractivity contribution in [3.63, 3.8) is 0 Å². The number of aliphatic hydroxyl groups excluding tert-OH is 2. The highest BCUT2D eigenvalue weighted by Crippen LogP contribution is 2.25. The molecule has 3 rings (SSSR count). The summed E-state index contributed by atoms with van der Waals surface area (Å²) in [5, 5.41) is 31.6. The molecule has 0 spiro atoms. The zero-order valence-electron chi connectivity index (χ0n) is 17.7. The zero-order chi connectivity index (χ0) is 21.7. The minimum absolute atomic E-state index is 0.000204. The fourth-order valence-electron chi connectivity index (χ4n) is 3.62. The predicted molar refractivity (Wildman–Crippen MR) is 110 cm³/mol. The van der Waals surface area contributed by atoms with Gasteiger partial charge in [-0.1, -0.05) is 35.5 Å². The topological polar surface area (TPSA) is 113 Å². The van der Waals surface area contributed by atoms with Crippen LogP contribution in [-0.2, 0) is 29.2 Å². The molecule has 4 atom stereocenters. The summed E-state index contributed by atoms with van der Waals surface area (Å²) >= 11 is 0. The normalized spacial score (nSPS) is 24.0. The van der Waals surface area contributed by atoms with Crippen molar-refractivity contribution in [1.82, 2.24) is 25.2 Å². The number of hydrogen-bond donors (Lipinski definition) is 3. The maximum Gasteiger partial charge on any atom is 0.222 e. The first-order valence-electron chi connectivity index (χ1n) is 10.2. The summed E-state index contributed by atoms with van der Waals surface area (Å²) in [7, 11) is 2.01. The van der Waals surface area contributed by atoms with E-state index in [1.807, 2.05) is 45.3 Å². The molecule has 0 aliphatic carbocycles. The number of hydrogen-bond acceptors (Lipinski definition) is 7. The van der Waals surface area contributed by atoms with Crippen molar-refractivity contribution < 1.29 is 19.7 Å². The standard InChI is InChI=1S/C21H31N5O4/c1-14(2)22-19(27)9-17-20(28)21(29)18(30-17)13-26-12-16(23-24-26)11-25(3)10-15-7-5-4-6-8-15/h4-8,12,14,17-18,20-21,28-29H,9-11,13H2,1-3H3,(H,22,27). The molecule has 1 aliphatic heterocycles. The Kier molecular flexibility index (Phi) is 7.54. The largest absolute Gasteiger partial charge is 0.388 e. The molecule has 9 nitrogen and oxygen atoms in total. The molecular formula is C21H31N5O4. The number of aromatic nitrogens is 3. The van der Waals surface area contributed by atoms with Crippen LogP contribution < -0.4 is 5.32 Å². The van der Waals surface area contributed by atoms with Gasteiger partial charge in [0.15, 0.2) is 0 Å². The predicted octanol–water partition coefficient (Wildman–Crippen LogP) is 0.314. The Morgan fingerprint density at radius 1 is 1.20 bits per heavy atom. The Balaban J connectivity index is 1.51. The molecule has 1 saturated heterocycles. The van der Waals surface area contributed by atoms with Gasteiger partial charge in [-0.2, -0.15) is 0 Å². The number of nitrogens with one attached hydrogen (secondary N) is 1. The molecule has 1 fully saturated rings. The van der Waals surface area contributed by atoms with Gasteiger partial charge in [-0.15, -0.1) is 5.10 Å². The molecule has 1 aromatic carbocycles. The molecule has 1 aliphatic rings. The van der Waals surface area contributed by atoms with E-state index in [1.165, 1.54) is 5.56 Å². The Labute approximate surface area is 176 Å². The zero-order valence-corrected chi connectivity index (χ0v) is 17.7. The summed E-state index contributed by atoms with van der Waals surface area (Å²) in [6, 6.07) is 10.2. The average Bonchev–Trinajstić information content (AvgIpc) is 3.22. The number of carbonyl (C=O) groups excluding carboxylic acids is 1. The molecule has 2 heterocycles. The Morgan fingerprint density at radius 3 is 2.60 bits per heavy atom. The van der Waals surface area contributed by atoms with Crippen LogP contribution in [0.25, 0.3) is 0 Å². The average molecular weight is 418 g/mol. The lowest BCUT2D eigenvalue weighted by molar-refractivity contribution is -0.125. The van der Waals surface area contributed by atoms with E-state index >= 15 is 0 Å². The van der Waals surface area contributed by atoms with E-state index in [1.54, 1.807) is 4.68 Å². The molecule has 9 heteroatoms. The summed E-state index contributed by atoms with van der Waals surface area (Å²) in [5.74, 6) is -0.216. The Morgan fingerprint density at radius 2 is 1.90 bits per heavy atom. The lowest BCUT2D eigenvalue weighted by Crippen LogP contribution is -2.38. The van der Waals surface area contributed by atoms with Crippen LogP contribution in [0.15, 0.2) is 36.5 Å². The van der Waals surface area contributed by atoms with Crippen molar-refractivity contribution in [3.05, 3.63) is 47.8 Å². The molecule has 30 heavy (non-hydrogen) atoms.